The van der Waals surface area contributed by atoms with Gasteiger partial charge in [-0.2, -0.15) is 4.72 Å². The van der Waals surface area contributed by atoms with E-state index in [9.17, 15) is 18.3 Å². The monoisotopic (exact) mass is 315 g/mol. The lowest BCUT2D eigenvalue weighted by Crippen LogP contribution is -2.56. The van der Waals surface area contributed by atoms with Crippen molar-refractivity contribution in [3.8, 4) is 0 Å². The number of sulfonamides is 1. The number of rotatable bonds is 5. The lowest BCUT2D eigenvalue weighted by atomic mass is 9.78. The van der Waals surface area contributed by atoms with Crippen LogP contribution >= 0.6 is 0 Å². The molecular weight excluding hydrogens is 294 g/mol. The molecule has 0 aliphatic heterocycles. The van der Waals surface area contributed by atoms with Crippen LogP contribution in [-0.4, -0.2) is 34.6 Å². The molecule has 0 spiro atoms. The zero-order chi connectivity index (χ0) is 15.7. The number of imidazole rings is 1. The third kappa shape index (κ3) is 3.26. The molecule has 8 heteroatoms. The van der Waals surface area contributed by atoms with Crippen molar-refractivity contribution >= 4 is 16.0 Å². The van der Waals surface area contributed by atoms with Gasteiger partial charge in [-0.25, -0.2) is 13.4 Å². The maximum Gasteiger partial charge on any atom is 0.324 e. The molecule has 0 unspecified atom stereocenters. The molecule has 2 N–H and O–H groups in total. The Morgan fingerprint density at radius 3 is 2.62 bits per heavy atom. The van der Waals surface area contributed by atoms with E-state index in [4.69, 9.17) is 0 Å². The molecule has 1 fully saturated rings. The van der Waals surface area contributed by atoms with E-state index in [0.29, 0.717) is 38.1 Å². The van der Waals surface area contributed by atoms with E-state index in [-0.39, 0.29) is 5.03 Å². The summed E-state index contributed by atoms with van der Waals surface area (Å²) >= 11 is 0. The SMILES string of the molecule is CCn1cnc(S(=O)(=O)NC2(C(=O)O)CCC(C)CC2)c1. The summed E-state index contributed by atoms with van der Waals surface area (Å²) < 4.78 is 28.8. The Labute approximate surface area is 124 Å². The predicted octanol–water partition coefficient (Wildman–Crippen LogP) is 1.21. The largest absolute Gasteiger partial charge is 0.480 e. The van der Waals surface area contributed by atoms with Crippen LogP contribution in [0.5, 0.6) is 0 Å². The van der Waals surface area contributed by atoms with Crippen LogP contribution in [0.2, 0.25) is 0 Å². The number of hydrogen-bond acceptors (Lipinski definition) is 4. The highest BCUT2D eigenvalue weighted by atomic mass is 32.2. The van der Waals surface area contributed by atoms with Crippen molar-refractivity contribution in [3.63, 3.8) is 0 Å². The summed E-state index contributed by atoms with van der Waals surface area (Å²) in [7, 11) is -3.93. The number of carboxylic acids is 1. The molecule has 0 atom stereocenters. The first-order chi connectivity index (χ1) is 9.79. The van der Waals surface area contributed by atoms with Gasteiger partial charge in [-0.3, -0.25) is 4.79 Å². The Morgan fingerprint density at radius 1 is 1.52 bits per heavy atom. The summed E-state index contributed by atoms with van der Waals surface area (Å²) in [5.41, 5.74) is -1.42. The number of nitrogens with zero attached hydrogens (tertiary/aromatic N) is 2. The lowest BCUT2D eigenvalue weighted by Gasteiger charge is -2.35. The number of hydrogen-bond donors (Lipinski definition) is 2. The highest BCUT2D eigenvalue weighted by Gasteiger charge is 2.44. The van der Waals surface area contributed by atoms with Crippen LogP contribution in [0.3, 0.4) is 0 Å². The Morgan fingerprint density at radius 2 is 2.14 bits per heavy atom. The molecule has 1 heterocycles. The van der Waals surface area contributed by atoms with Gasteiger partial charge in [0.15, 0.2) is 5.03 Å². The zero-order valence-electron chi connectivity index (χ0n) is 12.2. The van der Waals surface area contributed by atoms with Crippen molar-refractivity contribution in [1.29, 1.82) is 0 Å². The summed E-state index contributed by atoms with van der Waals surface area (Å²) in [6, 6.07) is 0. The first-order valence-electron chi connectivity index (χ1n) is 7.08. The highest BCUT2D eigenvalue weighted by molar-refractivity contribution is 7.89. The van der Waals surface area contributed by atoms with E-state index in [0.717, 1.165) is 0 Å². The van der Waals surface area contributed by atoms with E-state index in [2.05, 4.69) is 9.71 Å². The van der Waals surface area contributed by atoms with Crippen LogP contribution in [-0.2, 0) is 21.4 Å². The first kappa shape index (κ1) is 16.0. The van der Waals surface area contributed by atoms with E-state index >= 15 is 0 Å². The Hall–Kier alpha value is -1.41. The van der Waals surface area contributed by atoms with Crippen LogP contribution in [0.15, 0.2) is 17.6 Å². The van der Waals surface area contributed by atoms with Gasteiger partial charge in [-0.1, -0.05) is 6.92 Å². The minimum atomic E-state index is -3.93. The number of aromatic nitrogens is 2. The quantitative estimate of drug-likeness (QED) is 0.850. The smallest absolute Gasteiger partial charge is 0.324 e. The van der Waals surface area contributed by atoms with Gasteiger partial charge in [0.05, 0.1) is 6.33 Å². The topological polar surface area (TPSA) is 101 Å². The van der Waals surface area contributed by atoms with Gasteiger partial charge in [-0.05, 0) is 38.5 Å². The average molecular weight is 315 g/mol. The van der Waals surface area contributed by atoms with E-state index in [1.54, 1.807) is 4.57 Å². The number of aliphatic carboxylic acids is 1. The van der Waals surface area contributed by atoms with Crippen LogP contribution < -0.4 is 4.72 Å². The molecule has 1 aliphatic carbocycles. The summed E-state index contributed by atoms with van der Waals surface area (Å²) in [5.74, 6) is -0.700. The van der Waals surface area contributed by atoms with Crippen LogP contribution in [0.25, 0.3) is 0 Å². The molecule has 1 aliphatic rings. The van der Waals surface area contributed by atoms with Gasteiger partial charge < -0.3 is 9.67 Å². The maximum atomic E-state index is 12.4. The molecule has 0 aromatic carbocycles. The number of carbonyl (C=O) groups is 1. The molecule has 1 aromatic rings. The van der Waals surface area contributed by atoms with Crippen molar-refractivity contribution < 1.29 is 18.3 Å². The van der Waals surface area contributed by atoms with Crippen LogP contribution in [0, 0.1) is 5.92 Å². The summed E-state index contributed by atoms with van der Waals surface area (Å²) in [6.45, 7) is 4.51. The second-order valence-corrected chi connectivity index (χ2v) is 7.35. The van der Waals surface area contributed by atoms with Crippen molar-refractivity contribution in [2.24, 2.45) is 5.92 Å². The summed E-state index contributed by atoms with van der Waals surface area (Å²) in [5, 5.41) is 9.35. The minimum Gasteiger partial charge on any atom is -0.480 e. The molecule has 118 valence electrons. The van der Waals surface area contributed by atoms with E-state index < -0.39 is 21.5 Å². The fraction of sp³-hybridized carbons (Fsp3) is 0.692. The van der Waals surface area contributed by atoms with E-state index in [1.165, 1.54) is 12.5 Å². The second-order valence-electron chi connectivity index (χ2n) is 5.72. The zero-order valence-corrected chi connectivity index (χ0v) is 13.1. The summed E-state index contributed by atoms with van der Waals surface area (Å²) in [6.07, 6.45) is 4.82. The standard InChI is InChI=1S/C13H21N3O4S/c1-3-16-8-11(14-9-16)21(19,20)15-13(12(17)18)6-4-10(2)5-7-13/h8-10,15H,3-7H2,1-2H3,(H,17,18). The van der Waals surface area contributed by atoms with Gasteiger partial charge in [-0.15, -0.1) is 0 Å². The van der Waals surface area contributed by atoms with Gasteiger partial charge in [0.2, 0.25) is 0 Å². The van der Waals surface area contributed by atoms with Crippen molar-refractivity contribution in [3.05, 3.63) is 12.5 Å². The molecule has 7 nitrogen and oxygen atoms in total. The van der Waals surface area contributed by atoms with Gasteiger partial charge in [0.25, 0.3) is 10.0 Å². The third-order valence-corrected chi connectivity index (χ3v) is 5.54. The Kier molecular flexibility index (Phi) is 4.38. The maximum absolute atomic E-state index is 12.4. The molecule has 1 aromatic heterocycles. The molecule has 2 rings (SSSR count). The van der Waals surface area contributed by atoms with Crippen molar-refractivity contribution in [2.75, 3.05) is 0 Å². The molecule has 1 saturated carbocycles. The molecule has 0 amide bonds. The molecular formula is C13H21N3O4S. The van der Waals surface area contributed by atoms with Gasteiger partial charge in [0.1, 0.15) is 5.54 Å². The summed E-state index contributed by atoms with van der Waals surface area (Å²) in [4.78, 5) is 15.4. The van der Waals surface area contributed by atoms with Gasteiger partial charge >= 0.3 is 5.97 Å². The molecule has 0 radical (unpaired) electrons. The normalized spacial score (nSPS) is 26.7. The van der Waals surface area contributed by atoms with Gasteiger partial charge in [0, 0.05) is 12.7 Å². The fourth-order valence-corrected chi connectivity index (χ4v) is 3.95. The third-order valence-electron chi connectivity index (χ3n) is 4.12. The second kappa shape index (κ2) is 5.76. The fourth-order valence-electron chi connectivity index (χ4n) is 2.58. The first-order valence-corrected chi connectivity index (χ1v) is 8.56. The van der Waals surface area contributed by atoms with Crippen molar-refractivity contribution in [1.82, 2.24) is 14.3 Å². The van der Waals surface area contributed by atoms with Crippen molar-refractivity contribution in [2.45, 2.75) is 56.6 Å². The number of carboxylic acid groups (broad SMARTS) is 1. The highest BCUT2D eigenvalue weighted by Crippen LogP contribution is 2.33. The lowest BCUT2D eigenvalue weighted by molar-refractivity contribution is -0.145. The average Bonchev–Trinajstić information content (AvgIpc) is 2.91. The molecule has 0 bridgehead atoms. The Balaban J connectivity index is 2.26. The van der Waals surface area contributed by atoms with E-state index in [1.807, 2.05) is 13.8 Å². The Bertz CT molecular complexity index is 615. The number of aryl methyl sites for hydroxylation is 1. The van der Waals surface area contributed by atoms with Crippen LogP contribution in [0.1, 0.15) is 39.5 Å². The molecule has 21 heavy (non-hydrogen) atoms. The predicted molar refractivity (Wildman–Crippen MR) is 76.2 cm³/mol. The van der Waals surface area contributed by atoms with Crippen LogP contribution in [0.4, 0.5) is 0 Å². The number of nitrogens with one attached hydrogen (secondary N) is 1. The minimum absolute atomic E-state index is 0.136. The molecule has 0 saturated heterocycles.